The Hall–Kier alpha value is -2.32. The molecule has 7 nitrogen and oxygen atoms in total. The average Bonchev–Trinajstić information content (AvgIpc) is 2.50. The van der Waals surface area contributed by atoms with E-state index < -0.39 is 5.67 Å². The second kappa shape index (κ2) is 9.40. The summed E-state index contributed by atoms with van der Waals surface area (Å²) in [6.07, 6.45) is 0. The minimum Gasteiger partial charge on any atom is -0.491 e. The van der Waals surface area contributed by atoms with Crippen LogP contribution in [0.1, 0.15) is 26.3 Å². The van der Waals surface area contributed by atoms with Crippen molar-refractivity contribution in [3.05, 3.63) is 41.2 Å². The van der Waals surface area contributed by atoms with Gasteiger partial charge in [0.1, 0.15) is 18.2 Å². The first kappa shape index (κ1) is 21.7. The monoisotopic (exact) mass is 385 g/mol. The number of aliphatic hydroxyl groups is 1. The molecule has 9 heteroatoms. The van der Waals surface area contributed by atoms with Gasteiger partial charge in [-0.05, 0) is 44.5 Å². The van der Waals surface area contributed by atoms with Crippen LogP contribution in [0.15, 0.2) is 40.6 Å². The zero-order valence-corrected chi connectivity index (χ0v) is 15.8. The van der Waals surface area contributed by atoms with Gasteiger partial charge in [0.2, 0.25) is 5.96 Å². The molecular weight excluding hydrogens is 361 g/mol. The zero-order chi connectivity index (χ0) is 19.9. The molecule has 0 fully saturated rings. The second-order valence-electron chi connectivity index (χ2n) is 6.19. The largest absolute Gasteiger partial charge is 0.491 e. The molecule has 6 N–H and O–H groups in total. The van der Waals surface area contributed by atoms with E-state index in [1.807, 2.05) is 0 Å². The van der Waals surface area contributed by atoms with E-state index in [1.54, 1.807) is 25.1 Å². The number of amidine groups is 1. The van der Waals surface area contributed by atoms with E-state index in [4.69, 9.17) is 27.8 Å². The molecule has 0 bridgehead atoms. The molecule has 1 rings (SSSR count). The van der Waals surface area contributed by atoms with Crippen LogP contribution in [0.25, 0.3) is 0 Å². The van der Waals surface area contributed by atoms with Crippen LogP contribution in [0.5, 0.6) is 5.75 Å². The normalized spacial score (nSPS) is 14.1. The van der Waals surface area contributed by atoms with Crippen LogP contribution >= 0.6 is 11.6 Å². The van der Waals surface area contributed by atoms with Gasteiger partial charge in [0.15, 0.2) is 5.67 Å². The lowest BCUT2D eigenvalue weighted by molar-refractivity contribution is 0.277. The molecule has 1 aromatic carbocycles. The van der Waals surface area contributed by atoms with Crippen LogP contribution in [0, 0.1) is 0 Å². The minimum atomic E-state index is -1.81. The lowest BCUT2D eigenvalue weighted by atomic mass is 10.1. The maximum Gasteiger partial charge on any atom is 0.225 e. The van der Waals surface area contributed by atoms with Gasteiger partial charge in [-0.25, -0.2) is 9.38 Å². The fourth-order valence-corrected chi connectivity index (χ4v) is 1.99. The molecule has 0 amide bonds. The van der Waals surface area contributed by atoms with E-state index in [-0.39, 0.29) is 36.9 Å². The van der Waals surface area contributed by atoms with Crippen LogP contribution in [-0.4, -0.2) is 35.2 Å². The van der Waals surface area contributed by atoms with Crippen molar-refractivity contribution in [1.82, 2.24) is 5.32 Å². The number of nitrogens with one attached hydrogen (secondary N) is 1. The molecule has 1 atom stereocenters. The van der Waals surface area contributed by atoms with E-state index in [0.717, 1.165) is 0 Å². The van der Waals surface area contributed by atoms with Gasteiger partial charge in [-0.1, -0.05) is 18.2 Å². The highest BCUT2D eigenvalue weighted by molar-refractivity contribution is 6.30. The zero-order valence-electron chi connectivity index (χ0n) is 15.1. The Balaban J connectivity index is 2.89. The van der Waals surface area contributed by atoms with Crippen molar-refractivity contribution in [3.63, 3.8) is 0 Å². The number of nitrogens with two attached hydrogens (primary N) is 2. The Labute approximate surface area is 157 Å². The first-order valence-electron chi connectivity index (χ1n) is 7.87. The highest BCUT2D eigenvalue weighted by Crippen LogP contribution is 2.21. The third-order valence-corrected chi connectivity index (χ3v) is 3.27. The molecule has 26 heavy (non-hydrogen) atoms. The smallest absolute Gasteiger partial charge is 0.225 e. The summed E-state index contributed by atoms with van der Waals surface area (Å²) in [6, 6.07) is 4.57. The van der Waals surface area contributed by atoms with Gasteiger partial charge in [-0.2, -0.15) is 4.99 Å². The third kappa shape index (κ3) is 7.71. The summed E-state index contributed by atoms with van der Waals surface area (Å²) in [6.45, 7) is 7.87. The van der Waals surface area contributed by atoms with Gasteiger partial charge in [-0.15, -0.1) is 0 Å². The summed E-state index contributed by atoms with van der Waals surface area (Å²) in [5.74, 6) is 0.362. The van der Waals surface area contributed by atoms with Gasteiger partial charge in [0.05, 0.1) is 18.5 Å². The predicted octanol–water partition coefficient (Wildman–Crippen LogP) is 2.08. The molecule has 0 saturated heterocycles. The summed E-state index contributed by atoms with van der Waals surface area (Å²) >= 11 is 5.97. The summed E-state index contributed by atoms with van der Waals surface area (Å²) in [5, 5.41) is 12.3. The first-order valence-corrected chi connectivity index (χ1v) is 8.25. The number of alkyl halides is 1. The highest BCUT2D eigenvalue weighted by Gasteiger charge is 2.22. The molecule has 0 aromatic heterocycles. The number of ether oxygens (including phenoxy) is 1. The van der Waals surface area contributed by atoms with Crippen LogP contribution in [0.4, 0.5) is 4.39 Å². The van der Waals surface area contributed by atoms with Gasteiger partial charge < -0.3 is 26.6 Å². The van der Waals surface area contributed by atoms with Crippen LogP contribution in [-0.2, 0) is 6.61 Å². The number of halogens is 2. The predicted molar refractivity (Wildman–Crippen MR) is 103 cm³/mol. The fourth-order valence-electron chi connectivity index (χ4n) is 1.74. The SMILES string of the molecule is C=C(N)NC(=NC(C)COc1cc(Cl)cc(CO)c1)N=C(N)C(C)(C)F. The number of hydrogen-bond acceptors (Lipinski definition) is 4. The number of nitrogens with zero attached hydrogens (tertiary/aromatic N) is 2. The molecule has 0 aliphatic rings. The van der Waals surface area contributed by atoms with Crippen LogP contribution in [0.3, 0.4) is 0 Å². The lowest BCUT2D eigenvalue weighted by Gasteiger charge is -2.16. The molecule has 0 radical (unpaired) electrons. The van der Waals surface area contributed by atoms with Gasteiger partial charge in [0, 0.05) is 5.02 Å². The van der Waals surface area contributed by atoms with Gasteiger partial charge >= 0.3 is 0 Å². The molecule has 0 spiro atoms. The molecule has 0 aliphatic heterocycles. The molecule has 1 unspecified atom stereocenters. The van der Waals surface area contributed by atoms with Gasteiger partial charge in [-0.3, -0.25) is 0 Å². The summed E-state index contributed by atoms with van der Waals surface area (Å²) < 4.78 is 19.5. The molecule has 0 saturated carbocycles. The summed E-state index contributed by atoms with van der Waals surface area (Å²) in [5.41, 5.74) is 9.96. The number of hydrogen-bond donors (Lipinski definition) is 4. The van der Waals surface area contributed by atoms with Crippen molar-refractivity contribution in [2.75, 3.05) is 6.61 Å². The van der Waals surface area contributed by atoms with Gasteiger partial charge in [0.25, 0.3) is 0 Å². The fraction of sp³-hybridized carbons (Fsp3) is 0.412. The van der Waals surface area contributed by atoms with Crippen molar-refractivity contribution in [1.29, 1.82) is 0 Å². The molecule has 0 aliphatic carbocycles. The van der Waals surface area contributed by atoms with Crippen molar-refractivity contribution < 1.29 is 14.2 Å². The average molecular weight is 386 g/mol. The maximum atomic E-state index is 13.8. The topological polar surface area (TPSA) is 118 Å². The number of aliphatic imine (C=N–C) groups is 2. The molecule has 144 valence electrons. The van der Waals surface area contributed by atoms with Crippen LogP contribution in [0.2, 0.25) is 5.02 Å². The third-order valence-electron chi connectivity index (χ3n) is 3.06. The van der Waals surface area contributed by atoms with E-state index in [9.17, 15) is 9.50 Å². The second-order valence-corrected chi connectivity index (χ2v) is 6.62. The van der Waals surface area contributed by atoms with E-state index >= 15 is 0 Å². The maximum absolute atomic E-state index is 13.8. The highest BCUT2D eigenvalue weighted by atomic mass is 35.5. The number of aliphatic hydroxyl groups excluding tert-OH is 1. The summed E-state index contributed by atoms with van der Waals surface area (Å²) in [7, 11) is 0. The first-order chi connectivity index (χ1) is 12.0. The lowest BCUT2D eigenvalue weighted by Crippen LogP contribution is -2.37. The number of benzene rings is 1. The number of rotatable bonds is 7. The summed E-state index contributed by atoms with van der Waals surface area (Å²) in [4.78, 5) is 8.21. The Morgan fingerprint density at radius 2 is 2.08 bits per heavy atom. The molecule has 1 aromatic rings. The molecule has 0 heterocycles. The minimum absolute atomic E-state index is 0.0268. The van der Waals surface area contributed by atoms with E-state index in [2.05, 4.69) is 21.9 Å². The van der Waals surface area contributed by atoms with E-state index in [0.29, 0.717) is 16.3 Å². The Morgan fingerprint density at radius 1 is 1.42 bits per heavy atom. The van der Waals surface area contributed by atoms with Crippen LogP contribution < -0.4 is 21.5 Å². The number of guanidine groups is 1. The van der Waals surface area contributed by atoms with Crippen molar-refractivity contribution in [3.8, 4) is 5.75 Å². The Morgan fingerprint density at radius 3 is 2.62 bits per heavy atom. The standard InChI is InChI=1S/C17H25ClFN5O2/c1-10(9-26-14-6-12(8-25)5-13(18)7-14)22-16(23-11(2)20)24-15(21)17(3,4)19/h5-7,10,25H,2,8-9,20H2,1,3-4H3,(H3,21,22,23,24). The quantitative estimate of drug-likeness (QED) is 0.423. The Kier molecular flexibility index (Phi) is 7.85. The van der Waals surface area contributed by atoms with Crippen molar-refractivity contribution in [2.45, 2.75) is 39.1 Å². The van der Waals surface area contributed by atoms with E-state index in [1.165, 1.54) is 13.8 Å². The molecular formula is C17H25ClFN5O2. The van der Waals surface area contributed by atoms with Crippen molar-refractivity contribution in [2.24, 2.45) is 21.5 Å². The van der Waals surface area contributed by atoms with Crippen molar-refractivity contribution >= 4 is 23.4 Å². The Bertz CT molecular complexity index is 701.